The highest BCUT2D eigenvalue weighted by Gasteiger charge is 2.19. The lowest BCUT2D eigenvalue weighted by Gasteiger charge is -2.28. The van der Waals surface area contributed by atoms with Crippen molar-refractivity contribution in [2.24, 2.45) is 5.92 Å². The molecule has 1 N–H and O–H groups in total. The van der Waals surface area contributed by atoms with E-state index in [9.17, 15) is 0 Å². The van der Waals surface area contributed by atoms with Gasteiger partial charge in [-0.15, -0.1) is 0 Å². The van der Waals surface area contributed by atoms with Crippen LogP contribution in [0.4, 0.5) is 0 Å². The monoisotopic (exact) mass is 145 g/mol. The average molecular weight is 145 g/mol. The van der Waals surface area contributed by atoms with Gasteiger partial charge in [-0.05, 0) is 18.9 Å². The van der Waals surface area contributed by atoms with Gasteiger partial charge < -0.3 is 10.1 Å². The van der Waals surface area contributed by atoms with Crippen molar-refractivity contribution < 1.29 is 6.16 Å². The van der Waals surface area contributed by atoms with E-state index in [0.717, 1.165) is 12.5 Å². The van der Waals surface area contributed by atoms with Gasteiger partial charge >= 0.3 is 0 Å². The van der Waals surface area contributed by atoms with E-state index in [-0.39, 0.29) is 1.43 Å². The molecule has 10 heavy (non-hydrogen) atoms. The summed E-state index contributed by atoms with van der Waals surface area (Å²) in [4.78, 5) is 0. The lowest BCUT2D eigenvalue weighted by Crippen LogP contribution is -2.40. The normalized spacial score (nSPS) is 34.2. The van der Waals surface area contributed by atoms with E-state index in [0.29, 0.717) is 6.10 Å². The topological polar surface area (TPSA) is 21.3 Å². The van der Waals surface area contributed by atoms with Crippen LogP contribution in [0.1, 0.15) is 21.2 Å². The van der Waals surface area contributed by atoms with Gasteiger partial charge in [0, 0.05) is 15.1 Å². The van der Waals surface area contributed by atoms with Crippen molar-refractivity contribution in [1.82, 2.24) is 5.32 Å². The summed E-state index contributed by atoms with van der Waals surface area (Å²) < 4.78 is 5.26. The van der Waals surface area contributed by atoms with Crippen molar-refractivity contribution in [2.45, 2.75) is 25.9 Å². The van der Waals surface area contributed by atoms with E-state index >= 15 is 0 Å². The molecule has 0 radical (unpaired) electrons. The maximum atomic E-state index is 5.26. The third-order valence-corrected chi connectivity index (χ3v) is 2.31. The highest BCUT2D eigenvalue weighted by atomic mass is 16.5. The zero-order chi connectivity index (χ0) is 7.40. The molecule has 0 bridgehead atoms. The van der Waals surface area contributed by atoms with Gasteiger partial charge in [0.25, 0.3) is 0 Å². The Hall–Kier alpha value is -0.0800. The fourth-order valence-corrected chi connectivity index (χ4v) is 1.48. The highest BCUT2D eigenvalue weighted by molar-refractivity contribution is 4.75. The zero-order valence-electron chi connectivity index (χ0n) is 6.89. The number of nitrogens with one attached hydrogen (secondary N) is 1. The molecular formula is C8H19NO. The summed E-state index contributed by atoms with van der Waals surface area (Å²) in [5, 5.41) is 3.36. The maximum Gasteiger partial charge on any atom is 0.0698 e. The van der Waals surface area contributed by atoms with Crippen LogP contribution in [0.15, 0.2) is 0 Å². The molecule has 2 heteroatoms. The Kier molecular flexibility index (Phi) is 3.16. The third kappa shape index (κ3) is 1.96. The Bertz CT molecular complexity index is 90.1. The first kappa shape index (κ1) is 8.02. The Balaban J connectivity index is 0.000001000. The molecule has 2 nitrogen and oxygen atoms in total. The number of piperidine rings is 1. The summed E-state index contributed by atoms with van der Waals surface area (Å²) in [5.41, 5.74) is 0. The molecule has 0 aromatic carbocycles. The molecule has 0 aromatic heterocycles. The molecule has 1 fully saturated rings. The van der Waals surface area contributed by atoms with Crippen LogP contribution in [0, 0.1) is 5.92 Å². The first-order valence-corrected chi connectivity index (χ1v) is 4.10. The van der Waals surface area contributed by atoms with Crippen molar-refractivity contribution >= 4 is 0 Å². The standard InChI is InChI=1S/C8H17NO.H2/c1-3-7-4-8(10-2)6-9-5-7;/h7-9H,3-6H2,1-2H3;1H/t7-,8+;/m0./s1. The summed E-state index contributed by atoms with van der Waals surface area (Å²) in [6, 6.07) is 0. The van der Waals surface area contributed by atoms with Gasteiger partial charge in [0.1, 0.15) is 0 Å². The fourth-order valence-electron chi connectivity index (χ4n) is 1.48. The molecule has 0 saturated carbocycles. The Morgan fingerprint density at radius 1 is 1.60 bits per heavy atom. The van der Waals surface area contributed by atoms with Crippen LogP contribution in [0.5, 0.6) is 0 Å². The molecule has 2 atom stereocenters. The van der Waals surface area contributed by atoms with Gasteiger partial charge in [0.05, 0.1) is 6.10 Å². The molecule has 0 unspecified atom stereocenters. The second kappa shape index (κ2) is 3.94. The second-order valence-electron chi connectivity index (χ2n) is 3.03. The van der Waals surface area contributed by atoms with Gasteiger partial charge in [0.15, 0.2) is 0 Å². The van der Waals surface area contributed by atoms with E-state index < -0.39 is 0 Å². The minimum Gasteiger partial charge on any atom is -0.380 e. The van der Waals surface area contributed by atoms with E-state index in [1.165, 1.54) is 19.4 Å². The predicted octanol–water partition coefficient (Wildman–Crippen LogP) is 1.27. The minimum atomic E-state index is 0. The van der Waals surface area contributed by atoms with Crippen LogP contribution in [-0.2, 0) is 4.74 Å². The van der Waals surface area contributed by atoms with Crippen LogP contribution in [0.2, 0.25) is 0 Å². The van der Waals surface area contributed by atoms with E-state index in [2.05, 4.69) is 12.2 Å². The Morgan fingerprint density at radius 2 is 2.40 bits per heavy atom. The molecule has 0 spiro atoms. The summed E-state index contributed by atoms with van der Waals surface area (Å²) in [6.45, 7) is 4.45. The van der Waals surface area contributed by atoms with Gasteiger partial charge in [-0.25, -0.2) is 0 Å². The number of methoxy groups -OCH3 is 1. The van der Waals surface area contributed by atoms with Gasteiger partial charge in [-0.2, -0.15) is 0 Å². The third-order valence-electron chi connectivity index (χ3n) is 2.31. The van der Waals surface area contributed by atoms with Gasteiger partial charge in [-0.1, -0.05) is 13.3 Å². The first-order chi connectivity index (χ1) is 4.86. The predicted molar refractivity (Wildman–Crippen MR) is 44.2 cm³/mol. The number of hydrogen-bond acceptors (Lipinski definition) is 2. The molecule has 1 aliphatic rings. The van der Waals surface area contributed by atoms with E-state index in [1.54, 1.807) is 7.11 Å². The van der Waals surface area contributed by atoms with E-state index in [1.807, 2.05) is 0 Å². The van der Waals surface area contributed by atoms with Gasteiger partial charge in [0.2, 0.25) is 0 Å². The van der Waals surface area contributed by atoms with Gasteiger partial charge in [-0.3, -0.25) is 0 Å². The van der Waals surface area contributed by atoms with Crippen molar-refractivity contribution in [3.05, 3.63) is 0 Å². The highest BCUT2D eigenvalue weighted by Crippen LogP contribution is 2.15. The summed E-state index contributed by atoms with van der Waals surface area (Å²) in [6.07, 6.45) is 2.96. The summed E-state index contributed by atoms with van der Waals surface area (Å²) >= 11 is 0. The van der Waals surface area contributed by atoms with Crippen molar-refractivity contribution in [2.75, 3.05) is 20.2 Å². The van der Waals surface area contributed by atoms with Crippen molar-refractivity contribution in [1.29, 1.82) is 0 Å². The molecule has 62 valence electrons. The Labute approximate surface area is 64.4 Å². The second-order valence-corrected chi connectivity index (χ2v) is 3.03. The molecule has 0 aliphatic carbocycles. The number of rotatable bonds is 2. The molecule has 0 aromatic rings. The summed E-state index contributed by atoms with van der Waals surface area (Å²) in [5.74, 6) is 0.832. The number of ether oxygens (including phenoxy) is 1. The van der Waals surface area contributed by atoms with Crippen LogP contribution in [-0.4, -0.2) is 26.3 Å². The lowest BCUT2D eigenvalue weighted by atomic mass is 9.95. The molecule has 1 rings (SSSR count). The quantitative estimate of drug-likeness (QED) is 0.631. The average Bonchev–Trinajstić information content (AvgIpc) is 2.05. The van der Waals surface area contributed by atoms with Crippen LogP contribution < -0.4 is 5.32 Å². The van der Waals surface area contributed by atoms with Crippen LogP contribution in [0.25, 0.3) is 0 Å². The molecular weight excluding hydrogens is 126 g/mol. The maximum absolute atomic E-state index is 5.26. The Morgan fingerprint density at radius 3 is 3.00 bits per heavy atom. The first-order valence-electron chi connectivity index (χ1n) is 4.10. The molecule has 1 saturated heterocycles. The molecule has 1 aliphatic heterocycles. The SMILES string of the molecule is CC[C@@H]1CNC[C@H](OC)C1.[HH]. The zero-order valence-corrected chi connectivity index (χ0v) is 6.89. The molecule has 0 amide bonds. The van der Waals surface area contributed by atoms with Crippen molar-refractivity contribution in [3.63, 3.8) is 0 Å². The van der Waals surface area contributed by atoms with Crippen LogP contribution in [0.3, 0.4) is 0 Å². The number of hydrogen-bond donors (Lipinski definition) is 1. The van der Waals surface area contributed by atoms with E-state index in [4.69, 9.17) is 4.74 Å². The smallest absolute Gasteiger partial charge is 0.0698 e. The fraction of sp³-hybridized carbons (Fsp3) is 1.00. The van der Waals surface area contributed by atoms with Crippen LogP contribution >= 0.6 is 0 Å². The van der Waals surface area contributed by atoms with Crippen molar-refractivity contribution in [3.8, 4) is 0 Å². The summed E-state index contributed by atoms with van der Waals surface area (Å²) in [7, 11) is 1.80. The lowest BCUT2D eigenvalue weighted by molar-refractivity contribution is 0.0609. The largest absolute Gasteiger partial charge is 0.380 e. The minimum absolute atomic E-state index is 0. The molecule has 1 heterocycles.